The molecule has 0 aromatic rings. The first-order valence-corrected chi connectivity index (χ1v) is 16.9. The Hall–Kier alpha value is -2.33. The molecule has 16 atom stereocenters. The fourth-order valence-electron chi connectivity index (χ4n) is 12.3. The van der Waals surface area contributed by atoms with E-state index in [0.717, 1.165) is 0 Å². The molecule has 266 valence electrons. The van der Waals surface area contributed by atoms with Crippen LogP contribution in [0.5, 0.6) is 0 Å². The highest BCUT2D eigenvalue weighted by molar-refractivity contribution is 5.80. The Morgan fingerprint density at radius 1 is 1.00 bits per heavy atom. The third kappa shape index (κ3) is 3.28. The number of ether oxygens (including phenoxy) is 9. The average Bonchev–Trinajstić information content (AvgIpc) is 3.78. The van der Waals surface area contributed by atoms with E-state index in [0.29, 0.717) is 0 Å². The standard InChI is InChI=1S/C34H46O14/c1-15(2)24(36)46-19-12-18(45-16(3)35)28(4)13-43-21-22(28)31(19)14-44-33(41-8,26(37)40-7)25(31)29(5)23(21)48-30(6)17-11-20(34(29,30)39)47-27-32(17,38)9-10-42-27/h9-10,15,17-23,25,27,38-39H,11-14H2,1-8H3. The third-order valence-electron chi connectivity index (χ3n) is 14.0. The van der Waals surface area contributed by atoms with Crippen LogP contribution < -0.4 is 0 Å². The van der Waals surface area contributed by atoms with Gasteiger partial charge < -0.3 is 52.8 Å². The predicted molar refractivity (Wildman–Crippen MR) is 158 cm³/mol. The van der Waals surface area contributed by atoms with Crippen LogP contribution in [0.15, 0.2) is 12.3 Å². The fourth-order valence-corrected chi connectivity index (χ4v) is 12.3. The SMILES string of the molecule is COC(=O)C1(OC)OCC23C(OC(=O)C(C)C)CC(OC(C)=O)C4(C)COC(C42)C2OC4(C)C5CC(OC6OC=CC65O)C4(O)C2(C)C13. The molecule has 0 aromatic heterocycles. The molecular weight excluding hydrogens is 632 g/mol. The largest absolute Gasteiger partial charge is 0.469 e. The second-order valence-electron chi connectivity index (χ2n) is 16.1. The van der Waals surface area contributed by atoms with Crippen molar-refractivity contribution in [2.75, 3.05) is 27.4 Å². The lowest BCUT2D eigenvalue weighted by Gasteiger charge is -2.66. The maximum absolute atomic E-state index is 14.1. The first-order chi connectivity index (χ1) is 22.5. The minimum Gasteiger partial charge on any atom is -0.469 e. The van der Waals surface area contributed by atoms with Crippen LogP contribution in [0.3, 0.4) is 0 Å². The molecule has 0 aromatic carbocycles. The Balaban J connectivity index is 1.41. The van der Waals surface area contributed by atoms with Crippen molar-refractivity contribution in [2.45, 2.75) is 114 Å². The van der Waals surface area contributed by atoms with Gasteiger partial charge in [-0.3, -0.25) is 9.59 Å². The van der Waals surface area contributed by atoms with Gasteiger partial charge in [0, 0.05) is 54.5 Å². The Bertz CT molecular complexity index is 1480. The molecule has 3 aliphatic carbocycles. The summed E-state index contributed by atoms with van der Waals surface area (Å²) in [5.41, 5.74) is -8.57. The summed E-state index contributed by atoms with van der Waals surface area (Å²) in [7, 11) is 2.58. The highest BCUT2D eigenvalue weighted by Crippen LogP contribution is 2.81. The van der Waals surface area contributed by atoms with Crippen LogP contribution >= 0.6 is 0 Å². The summed E-state index contributed by atoms with van der Waals surface area (Å²) in [5, 5.41) is 25.6. The van der Waals surface area contributed by atoms with Crippen molar-refractivity contribution in [3.63, 3.8) is 0 Å². The van der Waals surface area contributed by atoms with Crippen LogP contribution in [0.25, 0.3) is 0 Å². The molecule has 8 aliphatic rings. The molecule has 14 heteroatoms. The molecule has 0 radical (unpaired) electrons. The van der Waals surface area contributed by atoms with Gasteiger partial charge in [0.25, 0.3) is 5.79 Å². The van der Waals surface area contributed by atoms with Crippen molar-refractivity contribution < 1.29 is 67.2 Å². The van der Waals surface area contributed by atoms with Crippen molar-refractivity contribution in [2.24, 2.45) is 39.9 Å². The second-order valence-corrected chi connectivity index (χ2v) is 16.1. The number of methoxy groups -OCH3 is 2. The maximum atomic E-state index is 14.1. The van der Waals surface area contributed by atoms with Crippen molar-refractivity contribution in [1.29, 1.82) is 0 Å². The number of hydrogen-bond acceptors (Lipinski definition) is 14. The minimum absolute atomic E-state index is 0.0856. The van der Waals surface area contributed by atoms with E-state index in [1.165, 1.54) is 33.5 Å². The summed E-state index contributed by atoms with van der Waals surface area (Å²) in [6, 6.07) is 0. The summed E-state index contributed by atoms with van der Waals surface area (Å²) in [6.07, 6.45) is -2.14. The quantitative estimate of drug-likeness (QED) is 0.311. The molecule has 48 heavy (non-hydrogen) atoms. The molecule has 4 saturated heterocycles. The van der Waals surface area contributed by atoms with Gasteiger partial charge in [0.05, 0.1) is 50.8 Å². The number of carbonyl (C=O) groups excluding carboxylic acids is 3. The van der Waals surface area contributed by atoms with Gasteiger partial charge in [-0.15, -0.1) is 0 Å². The summed E-state index contributed by atoms with van der Waals surface area (Å²) < 4.78 is 56.4. The first-order valence-electron chi connectivity index (χ1n) is 16.9. The van der Waals surface area contributed by atoms with Crippen molar-refractivity contribution in [1.82, 2.24) is 0 Å². The minimum atomic E-state index is -2.10. The van der Waals surface area contributed by atoms with Gasteiger partial charge in [-0.25, -0.2) is 4.79 Å². The van der Waals surface area contributed by atoms with Gasteiger partial charge in [-0.1, -0.05) is 27.7 Å². The summed E-state index contributed by atoms with van der Waals surface area (Å²) in [4.78, 5) is 40.2. The number of carbonyl (C=O) groups is 3. The van der Waals surface area contributed by atoms with E-state index in [1.54, 1.807) is 20.8 Å². The van der Waals surface area contributed by atoms with Crippen LogP contribution in [-0.2, 0) is 57.0 Å². The van der Waals surface area contributed by atoms with Crippen LogP contribution in [-0.4, -0.2) is 115 Å². The Kier molecular flexibility index (Phi) is 6.64. The summed E-state index contributed by atoms with van der Waals surface area (Å²) in [6.45, 7) is 10.4. The van der Waals surface area contributed by atoms with Crippen LogP contribution in [0.2, 0.25) is 0 Å². The number of esters is 3. The average molecular weight is 679 g/mol. The Morgan fingerprint density at radius 2 is 1.73 bits per heavy atom. The highest BCUT2D eigenvalue weighted by Gasteiger charge is 2.94. The zero-order valence-corrected chi connectivity index (χ0v) is 28.6. The van der Waals surface area contributed by atoms with Gasteiger partial charge in [-0.05, 0) is 19.4 Å². The molecule has 2 bridgehead atoms. The van der Waals surface area contributed by atoms with Crippen LogP contribution in [0.1, 0.15) is 54.4 Å². The van der Waals surface area contributed by atoms with Gasteiger partial charge in [0.15, 0.2) is 5.60 Å². The van der Waals surface area contributed by atoms with Crippen molar-refractivity contribution in [3.05, 3.63) is 12.3 Å². The van der Waals surface area contributed by atoms with Gasteiger partial charge in [0.1, 0.15) is 23.4 Å². The molecule has 2 N–H and O–H groups in total. The van der Waals surface area contributed by atoms with Gasteiger partial charge in [-0.2, -0.15) is 0 Å². The Morgan fingerprint density at radius 3 is 2.38 bits per heavy atom. The number of rotatable bonds is 5. The van der Waals surface area contributed by atoms with Crippen molar-refractivity contribution in [3.8, 4) is 0 Å². The third-order valence-corrected chi connectivity index (χ3v) is 14.0. The van der Waals surface area contributed by atoms with Crippen LogP contribution in [0.4, 0.5) is 0 Å². The van der Waals surface area contributed by atoms with Gasteiger partial charge >= 0.3 is 17.9 Å². The lowest BCUT2D eigenvalue weighted by molar-refractivity contribution is -0.318. The predicted octanol–water partition coefficient (Wildman–Crippen LogP) is 0.988. The topological polar surface area (TPSA) is 175 Å². The second kappa shape index (κ2) is 9.71. The van der Waals surface area contributed by atoms with E-state index in [4.69, 9.17) is 42.6 Å². The lowest BCUT2D eigenvalue weighted by Crippen LogP contribution is -2.78. The number of fused-ring (bicyclic) bond motifs is 11. The number of aliphatic hydroxyl groups is 2. The molecule has 0 amide bonds. The monoisotopic (exact) mass is 678 g/mol. The number of hydrogen-bond donors (Lipinski definition) is 2. The molecule has 16 unspecified atom stereocenters. The van der Waals surface area contributed by atoms with E-state index in [1.807, 2.05) is 13.8 Å². The van der Waals surface area contributed by atoms with E-state index in [2.05, 4.69) is 0 Å². The summed E-state index contributed by atoms with van der Waals surface area (Å²) >= 11 is 0. The zero-order valence-electron chi connectivity index (χ0n) is 28.6. The smallest absolute Gasteiger partial charge is 0.366 e. The molecule has 5 heterocycles. The summed E-state index contributed by atoms with van der Waals surface area (Å²) in [5.74, 6) is -6.79. The fraction of sp³-hybridized carbons (Fsp3) is 0.853. The van der Waals surface area contributed by atoms with E-state index in [9.17, 15) is 24.6 Å². The molecule has 1 spiro atoms. The molecular formula is C34H46O14. The van der Waals surface area contributed by atoms with E-state index in [-0.39, 0.29) is 26.1 Å². The first kappa shape index (κ1) is 32.9. The normalized spacial score (nSPS) is 56.4. The molecule has 7 fully saturated rings. The van der Waals surface area contributed by atoms with Crippen molar-refractivity contribution >= 4 is 17.9 Å². The lowest BCUT2D eigenvalue weighted by atomic mass is 9.37. The Labute approximate surface area is 278 Å². The van der Waals surface area contributed by atoms with Crippen LogP contribution in [0, 0.1) is 39.9 Å². The van der Waals surface area contributed by atoms with Gasteiger partial charge in [0.2, 0.25) is 6.29 Å². The van der Waals surface area contributed by atoms with E-state index < -0.39 is 117 Å². The zero-order chi connectivity index (χ0) is 34.6. The molecule has 8 rings (SSSR count). The molecule has 5 aliphatic heterocycles. The molecule has 3 saturated carbocycles. The maximum Gasteiger partial charge on any atom is 0.366 e. The van der Waals surface area contributed by atoms with E-state index >= 15 is 0 Å². The highest BCUT2D eigenvalue weighted by atomic mass is 16.7. The molecule has 14 nitrogen and oxygen atoms in total.